The molecule has 3 rings (SSSR count). The molecule has 0 aromatic carbocycles. The molecule has 0 unspecified atom stereocenters. The Morgan fingerprint density at radius 2 is 1.82 bits per heavy atom. The lowest BCUT2D eigenvalue weighted by Crippen LogP contribution is -2.58. The third-order valence-corrected chi connectivity index (χ3v) is 4.92. The lowest BCUT2D eigenvalue weighted by molar-refractivity contribution is -0.233. The van der Waals surface area contributed by atoms with Gasteiger partial charge in [0, 0.05) is 0 Å². The Labute approximate surface area is 104 Å². The Balaban J connectivity index is 2.50. The average molecular weight is 240 g/mol. The molecule has 3 aliphatic rings. The summed E-state index contributed by atoms with van der Waals surface area (Å²) in [5.41, 5.74) is -1.20. The van der Waals surface area contributed by atoms with Crippen molar-refractivity contribution in [1.82, 2.24) is 0 Å². The van der Waals surface area contributed by atoms with Crippen LogP contribution in [-0.4, -0.2) is 22.8 Å². The molecule has 0 N–H and O–H groups in total. The Hall–Kier alpha value is -0.570. The van der Waals surface area contributed by atoms with E-state index in [2.05, 4.69) is 20.8 Å². The van der Waals surface area contributed by atoms with Gasteiger partial charge in [0.15, 0.2) is 0 Å². The fourth-order valence-electron chi connectivity index (χ4n) is 3.71. The van der Waals surface area contributed by atoms with Crippen molar-refractivity contribution in [2.24, 2.45) is 5.92 Å². The van der Waals surface area contributed by atoms with Gasteiger partial charge in [0.25, 0.3) is 0 Å². The van der Waals surface area contributed by atoms with Crippen molar-refractivity contribution >= 4 is 5.97 Å². The van der Waals surface area contributed by atoms with Crippen molar-refractivity contribution in [1.29, 1.82) is 0 Å². The molecule has 3 heteroatoms. The summed E-state index contributed by atoms with van der Waals surface area (Å²) in [5.74, 6) is -0.185. The summed E-state index contributed by atoms with van der Waals surface area (Å²) < 4.78 is 12.2. The molecule has 3 fully saturated rings. The summed E-state index contributed by atoms with van der Waals surface area (Å²) in [6, 6.07) is 0. The summed E-state index contributed by atoms with van der Waals surface area (Å²) in [5, 5.41) is 0. The largest absolute Gasteiger partial charge is 0.456 e. The van der Waals surface area contributed by atoms with Gasteiger partial charge in [-0.2, -0.15) is 0 Å². The van der Waals surface area contributed by atoms with Gasteiger partial charge < -0.3 is 9.47 Å². The number of hydrogen-bond donors (Lipinski definition) is 0. The van der Waals surface area contributed by atoms with Crippen LogP contribution in [0.3, 0.4) is 0 Å². The Bertz CT molecular complexity index is 330. The minimum Gasteiger partial charge on any atom is -0.456 e. The SMILES string of the molecule is CCC1(CC)OC(=O)[C@@H]2CC[C@]1(C)OC2(C)C. The zero-order chi connectivity index (χ0) is 12.9. The minimum absolute atomic E-state index is 0.0695. The van der Waals surface area contributed by atoms with Gasteiger partial charge in [0.05, 0.1) is 11.5 Å². The molecule has 3 nitrogen and oxygen atoms in total. The molecule has 3 heterocycles. The van der Waals surface area contributed by atoms with Gasteiger partial charge in [-0.15, -0.1) is 0 Å². The van der Waals surface area contributed by atoms with Gasteiger partial charge in [-0.3, -0.25) is 4.79 Å². The maximum absolute atomic E-state index is 12.3. The number of ether oxygens (including phenoxy) is 2. The van der Waals surface area contributed by atoms with Gasteiger partial charge in [-0.25, -0.2) is 0 Å². The van der Waals surface area contributed by atoms with Gasteiger partial charge >= 0.3 is 5.97 Å². The smallest absolute Gasteiger partial charge is 0.312 e. The van der Waals surface area contributed by atoms with Crippen LogP contribution < -0.4 is 0 Å². The molecule has 2 atom stereocenters. The summed E-state index contributed by atoms with van der Waals surface area (Å²) in [6.07, 6.45) is 3.42. The third kappa shape index (κ3) is 1.62. The molecular weight excluding hydrogens is 216 g/mol. The molecular formula is C14H24O3. The second kappa shape index (κ2) is 3.71. The van der Waals surface area contributed by atoms with E-state index in [9.17, 15) is 4.79 Å². The number of esters is 1. The highest BCUT2D eigenvalue weighted by Gasteiger charge is 2.61. The first-order valence-corrected chi connectivity index (χ1v) is 6.73. The summed E-state index contributed by atoms with van der Waals surface area (Å²) >= 11 is 0. The first-order valence-electron chi connectivity index (χ1n) is 6.73. The van der Waals surface area contributed by atoms with Crippen molar-refractivity contribution in [3.05, 3.63) is 0 Å². The highest BCUT2D eigenvalue weighted by Crippen LogP contribution is 2.52. The molecule has 0 saturated carbocycles. The van der Waals surface area contributed by atoms with E-state index in [1.807, 2.05) is 13.8 Å². The normalized spacial score (nSPS) is 38.6. The van der Waals surface area contributed by atoms with Crippen molar-refractivity contribution < 1.29 is 14.3 Å². The van der Waals surface area contributed by atoms with E-state index in [1.54, 1.807) is 0 Å². The first-order chi connectivity index (χ1) is 7.80. The summed E-state index contributed by atoms with van der Waals surface area (Å²) in [4.78, 5) is 12.3. The van der Waals surface area contributed by atoms with Crippen LogP contribution in [0.4, 0.5) is 0 Å². The Morgan fingerprint density at radius 3 is 2.29 bits per heavy atom. The molecule has 17 heavy (non-hydrogen) atoms. The number of rotatable bonds is 2. The fraction of sp³-hybridized carbons (Fsp3) is 0.929. The summed E-state index contributed by atoms with van der Waals surface area (Å²) in [7, 11) is 0. The first kappa shape index (κ1) is 12.9. The second-order valence-corrected chi connectivity index (χ2v) is 6.15. The lowest BCUT2D eigenvalue weighted by atomic mass is 9.72. The van der Waals surface area contributed by atoms with Crippen LogP contribution in [0.1, 0.15) is 60.3 Å². The fourth-order valence-corrected chi connectivity index (χ4v) is 3.71. The molecule has 0 spiro atoms. The number of carbonyl (C=O) groups excluding carboxylic acids is 1. The van der Waals surface area contributed by atoms with E-state index in [1.165, 1.54) is 0 Å². The maximum atomic E-state index is 12.3. The van der Waals surface area contributed by atoms with Crippen molar-refractivity contribution in [2.75, 3.05) is 0 Å². The standard InChI is InChI=1S/C14H24O3/c1-6-14(7-2)13(5)9-8-10(11(15)16-14)12(3,4)17-13/h10H,6-9H2,1-5H3/t10-,13-/m0/s1. The van der Waals surface area contributed by atoms with E-state index in [4.69, 9.17) is 9.47 Å². The van der Waals surface area contributed by atoms with Gasteiger partial charge in [-0.05, 0) is 46.5 Å². The average Bonchev–Trinajstić information content (AvgIpc) is 2.37. The minimum atomic E-state index is -0.452. The van der Waals surface area contributed by atoms with E-state index in [0.717, 1.165) is 25.7 Å². The molecule has 3 saturated heterocycles. The molecule has 0 amide bonds. The van der Waals surface area contributed by atoms with Crippen LogP contribution >= 0.6 is 0 Å². The zero-order valence-electron chi connectivity index (χ0n) is 11.6. The molecule has 3 aliphatic heterocycles. The van der Waals surface area contributed by atoms with Crippen molar-refractivity contribution in [3.8, 4) is 0 Å². The van der Waals surface area contributed by atoms with E-state index >= 15 is 0 Å². The highest BCUT2D eigenvalue weighted by atomic mass is 16.6. The molecule has 2 bridgehead atoms. The second-order valence-electron chi connectivity index (χ2n) is 6.15. The Kier molecular flexibility index (Phi) is 2.81. The quantitative estimate of drug-likeness (QED) is 0.696. The topological polar surface area (TPSA) is 35.5 Å². The van der Waals surface area contributed by atoms with Crippen LogP contribution in [0.15, 0.2) is 0 Å². The van der Waals surface area contributed by atoms with E-state index in [-0.39, 0.29) is 17.5 Å². The summed E-state index contributed by atoms with van der Waals surface area (Å²) in [6.45, 7) is 10.3. The molecule has 0 aromatic rings. The number of hydrogen-bond acceptors (Lipinski definition) is 3. The van der Waals surface area contributed by atoms with Crippen molar-refractivity contribution in [3.63, 3.8) is 0 Å². The van der Waals surface area contributed by atoms with Crippen LogP contribution in [0.2, 0.25) is 0 Å². The maximum Gasteiger partial charge on any atom is 0.312 e. The molecule has 0 radical (unpaired) electrons. The monoisotopic (exact) mass is 240 g/mol. The molecule has 0 aliphatic carbocycles. The van der Waals surface area contributed by atoms with Gasteiger partial charge in [0.1, 0.15) is 11.2 Å². The van der Waals surface area contributed by atoms with Crippen molar-refractivity contribution in [2.45, 2.75) is 77.1 Å². The van der Waals surface area contributed by atoms with Crippen LogP contribution in [-0.2, 0) is 14.3 Å². The number of fused-ring (bicyclic) bond motifs is 4. The Morgan fingerprint density at radius 1 is 1.24 bits per heavy atom. The lowest BCUT2D eigenvalue weighted by Gasteiger charge is -2.50. The molecule has 98 valence electrons. The van der Waals surface area contributed by atoms with E-state index < -0.39 is 11.2 Å². The van der Waals surface area contributed by atoms with E-state index in [0.29, 0.717) is 0 Å². The third-order valence-electron chi connectivity index (χ3n) is 4.92. The van der Waals surface area contributed by atoms with Gasteiger partial charge in [-0.1, -0.05) is 13.8 Å². The van der Waals surface area contributed by atoms with Crippen LogP contribution in [0.25, 0.3) is 0 Å². The predicted molar refractivity (Wildman–Crippen MR) is 65.7 cm³/mol. The molecule has 0 aromatic heterocycles. The number of carbonyl (C=O) groups is 1. The highest BCUT2D eigenvalue weighted by molar-refractivity contribution is 5.75. The zero-order valence-corrected chi connectivity index (χ0v) is 11.6. The van der Waals surface area contributed by atoms with Crippen LogP contribution in [0.5, 0.6) is 0 Å². The van der Waals surface area contributed by atoms with Crippen LogP contribution in [0, 0.1) is 5.92 Å². The predicted octanol–water partition coefficient (Wildman–Crippen LogP) is 3.07. The van der Waals surface area contributed by atoms with Gasteiger partial charge in [0.2, 0.25) is 0 Å².